The average Bonchev–Trinajstić information content (AvgIpc) is 2.53. The van der Waals surface area contributed by atoms with Crippen molar-refractivity contribution < 1.29 is 14.3 Å². The topological polar surface area (TPSA) is 59.3 Å². The first-order chi connectivity index (χ1) is 10.6. The minimum atomic E-state index is -0.344. The zero-order valence-corrected chi connectivity index (χ0v) is 12.6. The fourth-order valence-electron chi connectivity index (χ4n) is 1.87. The van der Waals surface area contributed by atoms with Crippen LogP contribution in [-0.2, 0) is 11.3 Å². The number of carbonyl (C=O) groups is 1. The first kappa shape index (κ1) is 15.6. The molecule has 0 atom stereocenters. The van der Waals surface area contributed by atoms with Crippen molar-refractivity contribution in [2.45, 2.75) is 26.6 Å². The summed E-state index contributed by atoms with van der Waals surface area (Å²) in [6, 6.07) is 16.1. The molecule has 0 aliphatic rings. The van der Waals surface area contributed by atoms with Crippen LogP contribution in [0, 0.1) is 11.3 Å². The van der Waals surface area contributed by atoms with Gasteiger partial charge >= 0.3 is 5.97 Å². The van der Waals surface area contributed by atoms with Crippen LogP contribution in [-0.4, -0.2) is 12.1 Å². The van der Waals surface area contributed by atoms with Crippen LogP contribution in [0.2, 0.25) is 0 Å². The highest BCUT2D eigenvalue weighted by molar-refractivity contribution is 5.89. The summed E-state index contributed by atoms with van der Waals surface area (Å²) in [5.41, 5.74) is 2.02. The van der Waals surface area contributed by atoms with E-state index >= 15 is 0 Å². The predicted molar refractivity (Wildman–Crippen MR) is 82.5 cm³/mol. The van der Waals surface area contributed by atoms with Crippen molar-refractivity contribution in [3.63, 3.8) is 0 Å². The smallest absolute Gasteiger partial charge is 0.338 e. The van der Waals surface area contributed by atoms with E-state index in [9.17, 15) is 4.79 Å². The highest BCUT2D eigenvalue weighted by Crippen LogP contribution is 2.15. The summed E-state index contributed by atoms with van der Waals surface area (Å²) in [7, 11) is 0. The highest BCUT2D eigenvalue weighted by atomic mass is 16.5. The van der Waals surface area contributed by atoms with E-state index in [1.807, 2.05) is 26.0 Å². The van der Waals surface area contributed by atoms with E-state index in [0.717, 1.165) is 5.56 Å². The van der Waals surface area contributed by atoms with Gasteiger partial charge in [-0.2, -0.15) is 5.26 Å². The lowest BCUT2D eigenvalue weighted by molar-refractivity contribution is 0.0378. The van der Waals surface area contributed by atoms with Gasteiger partial charge in [-0.1, -0.05) is 12.1 Å². The second-order valence-corrected chi connectivity index (χ2v) is 5.08. The van der Waals surface area contributed by atoms with Gasteiger partial charge in [0.05, 0.1) is 23.3 Å². The maximum atomic E-state index is 11.7. The summed E-state index contributed by atoms with van der Waals surface area (Å²) in [6.07, 6.45) is -0.143. The van der Waals surface area contributed by atoms with E-state index in [0.29, 0.717) is 23.5 Å². The summed E-state index contributed by atoms with van der Waals surface area (Å²) in [6.45, 7) is 3.99. The molecule has 0 N–H and O–H groups in total. The van der Waals surface area contributed by atoms with Crippen molar-refractivity contribution in [3.8, 4) is 11.8 Å². The summed E-state index contributed by atoms with van der Waals surface area (Å²) in [4.78, 5) is 11.7. The Balaban J connectivity index is 1.96. The molecule has 0 aromatic heterocycles. The van der Waals surface area contributed by atoms with E-state index in [1.54, 1.807) is 36.4 Å². The minimum absolute atomic E-state index is 0.143. The van der Waals surface area contributed by atoms with Crippen LogP contribution >= 0.6 is 0 Å². The Morgan fingerprint density at radius 1 is 1.18 bits per heavy atom. The third-order valence-corrected chi connectivity index (χ3v) is 2.89. The Hall–Kier alpha value is -2.80. The largest absolute Gasteiger partial charge is 0.489 e. The lowest BCUT2D eigenvalue weighted by Crippen LogP contribution is -2.11. The van der Waals surface area contributed by atoms with Crippen LogP contribution < -0.4 is 4.74 Å². The Labute approximate surface area is 129 Å². The zero-order valence-electron chi connectivity index (χ0n) is 12.6. The summed E-state index contributed by atoms with van der Waals surface area (Å²) < 4.78 is 10.8. The maximum Gasteiger partial charge on any atom is 0.338 e. The van der Waals surface area contributed by atoms with Crippen molar-refractivity contribution in [1.82, 2.24) is 0 Å². The van der Waals surface area contributed by atoms with E-state index in [2.05, 4.69) is 6.07 Å². The molecule has 0 saturated heterocycles. The number of nitrogens with zero attached hydrogens (tertiary/aromatic N) is 1. The van der Waals surface area contributed by atoms with E-state index < -0.39 is 0 Å². The molecule has 22 heavy (non-hydrogen) atoms. The molecule has 0 saturated carbocycles. The van der Waals surface area contributed by atoms with Crippen LogP contribution in [0.15, 0.2) is 48.5 Å². The molecular formula is C18H17NO3. The first-order valence-electron chi connectivity index (χ1n) is 7.01. The van der Waals surface area contributed by atoms with Crippen LogP contribution in [0.4, 0.5) is 0 Å². The molecule has 0 aliphatic carbocycles. The van der Waals surface area contributed by atoms with Gasteiger partial charge in [0, 0.05) is 0 Å². The molecule has 0 fully saturated rings. The highest BCUT2D eigenvalue weighted by Gasteiger charge is 2.09. The molecule has 0 bridgehead atoms. The van der Waals surface area contributed by atoms with Gasteiger partial charge in [-0.15, -0.1) is 0 Å². The number of carbonyl (C=O) groups excluding carboxylic acids is 1. The fraction of sp³-hybridized carbons (Fsp3) is 0.222. The van der Waals surface area contributed by atoms with Crippen LogP contribution in [0.3, 0.4) is 0 Å². The molecule has 0 unspecified atom stereocenters. The molecule has 0 spiro atoms. The zero-order chi connectivity index (χ0) is 15.9. The lowest BCUT2D eigenvalue weighted by atomic mass is 10.1. The number of rotatable bonds is 5. The summed E-state index contributed by atoms with van der Waals surface area (Å²) in [5.74, 6) is 0.312. The van der Waals surface area contributed by atoms with Crippen molar-refractivity contribution in [2.75, 3.05) is 0 Å². The first-order valence-corrected chi connectivity index (χ1v) is 7.01. The molecular weight excluding hydrogens is 278 g/mol. The Morgan fingerprint density at radius 3 is 2.55 bits per heavy atom. The van der Waals surface area contributed by atoms with Gasteiger partial charge in [-0.3, -0.25) is 0 Å². The van der Waals surface area contributed by atoms with Crippen molar-refractivity contribution in [2.24, 2.45) is 0 Å². The molecule has 2 aromatic rings. The van der Waals surface area contributed by atoms with Crippen LogP contribution in [0.5, 0.6) is 5.75 Å². The van der Waals surface area contributed by atoms with Crippen molar-refractivity contribution in [1.29, 1.82) is 5.26 Å². The minimum Gasteiger partial charge on any atom is -0.489 e. The number of hydrogen-bond donors (Lipinski definition) is 0. The molecule has 0 heterocycles. The summed E-state index contributed by atoms with van der Waals surface area (Å²) >= 11 is 0. The van der Waals surface area contributed by atoms with E-state index in [-0.39, 0.29) is 12.1 Å². The van der Waals surface area contributed by atoms with Crippen LogP contribution in [0.25, 0.3) is 0 Å². The molecule has 0 amide bonds. The number of ether oxygens (including phenoxy) is 2. The van der Waals surface area contributed by atoms with Crippen molar-refractivity contribution >= 4 is 5.97 Å². The maximum absolute atomic E-state index is 11.7. The molecule has 4 heteroatoms. The lowest BCUT2D eigenvalue weighted by Gasteiger charge is -2.09. The fourth-order valence-corrected chi connectivity index (χ4v) is 1.87. The Bertz CT molecular complexity index is 684. The van der Waals surface area contributed by atoms with Gasteiger partial charge in [0.25, 0.3) is 0 Å². The van der Waals surface area contributed by atoms with Crippen molar-refractivity contribution in [3.05, 3.63) is 65.2 Å². The van der Waals surface area contributed by atoms with Gasteiger partial charge in [0.2, 0.25) is 0 Å². The van der Waals surface area contributed by atoms with E-state index in [1.165, 1.54) is 0 Å². The predicted octanol–water partition coefficient (Wildman–Crippen LogP) is 3.70. The summed E-state index contributed by atoms with van der Waals surface area (Å²) in [5, 5.41) is 8.86. The SMILES string of the molecule is CC(C)OC(=O)c1ccc(OCc2cccc(C#N)c2)cc1. The molecule has 2 aromatic carbocycles. The second kappa shape index (κ2) is 7.28. The van der Waals surface area contributed by atoms with Gasteiger partial charge in [0.15, 0.2) is 0 Å². The normalized spacial score (nSPS) is 10.1. The van der Waals surface area contributed by atoms with Gasteiger partial charge in [-0.25, -0.2) is 4.79 Å². The Morgan fingerprint density at radius 2 is 1.91 bits per heavy atom. The van der Waals surface area contributed by atoms with Gasteiger partial charge < -0.3 is 9.47 Å². The van der Waals surface area contributed by atoms with Gasteiger partial charge in [0.1, 0.15) is 12.4 Å². The molecule has 0 aliphatic heterocycles. The number of benzene rings is 2. The molecule has 112 valence electrons. The van der Waals surface area contributed by atoms with Gasteiger partial charge in [-0.05, 0) is 55.8 Å². The monoisotopic (exact) mass is 295 g/mol. The average molecular weight is 295 g/mol. The molecule has 0 radical (unpaired) electrons. The third-order valence-electron chi connectivity index (χ3n) is 2.89. The number of hydrogen-bond acceptors (Lipinski definition) is 4. The quantitative estimate of drug-likeness (QED) is 0.789. The number of nitriles is 1. The Kier molecular flexibility index (Phi) is 5.16. The molecule has 4 nitrogen and oxygen atoms in total. The van der Waals surface area contributed by atoms with Crippen LogP contribution in [0.1, 0.15) is 35.3 Å². The van der Waals surface area contributed by atoms with E-state index in [4.69, 9.17) is 14.7 Å². The molecule has 2 rings (SSSR count). The second-order valence-electron chi connectivity index (χ2n) is 5.08. The third kappa shape index (κ3) is 4.35. The number of esters is 1. The standard InChI is InChI=1S/C18H17NO3/c1-13(2)22-18(20)16-6-8-17(9-7-16)21-12-15-5-3-4-14(10-15)11-19/h3-10,13H,12H2,1-2H3.